The largest absolute Gasteiger partial charge is 0.507 e. The van der Waals surface area contributed by atoms with Crippen LogP contribution in [0.1, 0.15) is 32.0 Å². The first-order chi connectivity index (χ1) is 17.4. The van der Waals surface area contributed by atoms with Gasteiger partial charge in [-0.1, -0.05) is 6.07 Å². The van der Waals surface area contributed by atoms with Crippen molar-refractivity contribution in [3.8, 4) is 16.9 Å². The van der Waals surface area contributed by atoms with Gasteiger partial charge in [-0.15, -0.1) is 0 Å². The molecule has 0 saturated carbocycles. The number of ether oxygens (including phenoxy) is 1. The highest BCUT2D eigenvalue weighted by atomic mass is 19.1. The monoisotopic (exact) mass is 509 g/mol. The number of aryl methyl sites for hydroxylation is 2. The van der Waals surface area contributed by atoms with Gasteiger partial charge in [-0.25, -0.2) is 14.2 Å². The highest BCUT2D eigenvalue weighted by Crippen LogP contribution is 2.41. The number of nitrogens with zero attached hydrogens (tertiary/aromatic N) is 5. The van der Waals surface area contributed by atoms with Gasteiger partial charge in [-0.2, -0.15) is 0 Å². The summed E-state index contributed by atoms with van der Waals surface area (Å²) in [5, 5.41) is 10.4. The number of fused-ring (bicyclic) bond motifs is 1. The van der Waals surface area contributed by atoms with Gasteiger partial charge in [0.1, 0.15) is 22.7 Å². The molecule has 1 aliphatic rings. The van der Waals surface area contributed by atoms with Gasteiger partial charge < -0.3 is 24.5 Å². The second-order valence-corrected chi connectivity index (χ2v) is 10.2. The first kappa shape index (κ1) is 26.1. The summed E-state index contributed by atoms with van der Waals surface area (Å²) in [5.74, 6) is -0.730. The first-order valence-electron chi connectivity index (χ1n) is 12.1. The zero-order chi connectivity index (χ0) is 27.1. The summed E-state index contributed by atoms with van der Waals surface area (Å²) in [6.07, 6.45) is 1.94. The fraction of sp³-hybridized carbons (Fsp3) is 0.407. The van der Waals surface area contributed by atoms with E-state index in [0.717, 1.165) is 0 Å². The van der Waals surface area contributed by atoms with Gasteiger partial charge >= 0.3 is 6.09 Å². The van der Waals surface area contributed by atoms with Crippen LogP contribution in [0.3, 0.4) is 0 Å². The van der Waals surface area contributed by atoms with Crippen LogP contribution in [0.15, 0.2) is 24.4 Å². The summed E-state index contributed by atoms with van der Waals surface area (Å²) < 4.78 is 20.3. The summed E-state index contributed by atoms with van der Waals surface area (Å²) in [5.41, 5.74) is 3.53. The zero-order valence-corrected chi connectivity index (χ0v) is 22.0. The predicted molar refractivity (Wildman–Crippen MR) is 141 cm³/mol. The molecule has 1 fully saturated rings. The quantitative estimate of drug-likeness (QED) is 0.520. The summed E-state index contributed by atoms with van der Waals surface area (Å²) in [6, 6.07) is 4.18. The third-order valence-electron chi connectivity index (χ3n) is 6.41. The molecule has 1 saturated heterocycles. The number of amides is 2. The Morgan fingerprint density at radius 1 is 1.14 bits per heavy atom. The fourth-order valence-corrected chi connectivity index (χ4v) is 4.67. The van der Waals surface area contributed by atoms with Crippen LogP contribution in [0.5, 0.6) is 5.75 Å². The Morgan fingerprint density at radius 2 is 1.81 bits per heavy atom. The molecule has 3 aromatic rings. The number of anilines is 2. The Bertz CT molecular complexity index is 1340. The van der Waals surface area contributed by atoms with Gasteiger partial charge in [0.25, 0.3) is 0 Å². The Balaban J connectivity index is 1.81. The Morgan fingerprint density at radius 3 is 2.41 bits per heavy atom. The molecule has 196 valence electrons. The maximum atomic E-state index is 14.8. The van der Waals surface area contributed by atoms with Crippen LogP contribution in [0.2, 0.25) is 0 Å². The average Bonchev–Trinajstić information content (AvgIpc) is 2.83. The van der Waals surface area contributed by atoms with E-state index in [2.05, 4.69) is 9.88 Å². The van der Waals surface area contributed by atoms with Gasteiger partial charge in [0.05, 0.1) is 28.7 Å². The third kappa shape index (κ3) is 5.00. The Kier molecular flexibility index (Phi) is 6.94. The lowest BCUT2D eigenvalue weighted by Gasteiger charge is -2.38. The van der Waals surface area contributed by atoms with Crippen LogP contribution in [-0.4, -0.2) is 71.3 Å². The minimum Gasteiger partial charge on any atom is -0.507 e. The van der Waals surface area contributed by atoms with Crippen molar-refractivity contribution in [2.24, 2.45) is 0 Å². The van der Waals surface area contributed by atoms with Crippen molar-refractivity contribution in [1.29, 1.82) is 0 Å². The Hall–Kier alpha value is -3.95. The lowest BCUT2D eigenvalue weighted by Crippen LogP contribution is -2.50. The molecule has 0 radical (unpaired) electrons. The number of rotatable bonds is 4. The van der Waals surface area contributed by atoms with Crippen molar-refractivity contribution in [1.82, 2.24) is 14.9 Å². The normalized spacial score (nSPS) is 14.1. The van der Waals surface area contributed by atoms with Gasteiger partial charge in [0.15, 0.2) is 0 Å². The molecular weight excluding hydrogens is 477 g/mol. The molecule has 0 spiro atoms. The number of carbonyl (C=O) groups is 2. The highest BCUT2D eigenvalue weighted by Gasteiger charge is 2.30. The van der Waals surface area contributed by atoms with E-state index in [9.17, 15) is 19.1 Å². The van der Waals surface area contributed by atoms with Crippen molar-refractivity contribution in [2.45, 2.75) is 40.2 Å². The molecule has 0 unspecified atom stereocenters. The van der Waals surface area contributed by atoms with E-state index in [-0.39, 0.29) is 17.4 Å². The lowest BCUT2D eigenvalue weighted by atomic mass is 9.96. The number of hydrogen-bond acceptors (Lipinski definition) is 7. The van der Waals surface area contributed by atoms with Gasteiger partial charge in [0, 0.05) is 44.5 Å². The minimum absolute atomic E-state index is 0.0790. The van der Waals surface area contributed by atoms with Crippen LogP contribution in [0.25, 0.3) is 22.2 Å². The summed E-state index contributed by atoms with van der Waals surface area (Å²) in [7, 11) is 1.64. The van der Waals surface area contributed by atoms with Crippen molar-refractivity contribution < 1.29 is 23.8 Å². The second kappa shape index (κ2) is 9.84. The van der Waals surface area contributed by atoms with Crippen LogP contribution in [0.4, 0.5) is 20.6 Å². The summed E-state index contributed by atoms with van der Waals surface area (Å²) in [4.78, 5) is 38.9. The van der Waals surface area contributed by atoms with E-state index < -0.39 is 11.4 Å². The van der Waals surface area contributed by atoms with Crippen LogP contribution < -0.4 is 9.80 Å². The van der Waals surface area contributed by atoms with Crippen molar-refractivity contribution in [3.63, 3.8) is 0 Å². The highest BCUT2D eigenvalue weighted by molar-refractivity contribution is 6.02. The van der Waals surface area contributed by atoms with Crippen LogP contribution in [0, 0.1) is 19.7 Å². The number of halogens is 1. The number of carbonyl (C=O) groups excluding carboxylic acids is 2. The van der Waals surface area contributed by atoms with Gasteiger partial charge in [-0.05, 0) is 52.3 Å². The number of phenolic OH excluding ortho intramolecular Hbond substituents is 1. The summed E-state index contributed by atoms with van der Waals surface area (Å²) >= 11 is 0. The lowest BCUT2D eigenvalue weighted by molar-refractivity contribution is -0.107. The molecule has 9 nitrogen and oxygen atoms in total. The zero-order valence-electron chi connectivity index (χ0n) is 22.0. The molecule has 0 bridgehead atoms. The smallest absolute Gasteiger partial charge is 0.410 e. The molecule has 1 N–H and O–H groups in total. The molecule has 0 aliphatic carbocycles. The number of pyridine rings is 2. The van der Waals surface area contributed by atoms with Crippen molar-refractivity contribution in [2.75, 3.05) is 43.0 Å². The number of phenols is 1. The van der Waals surface area contributed by atoms with E-state index in [1.807, 2.05) is 27.7 Å². The fourth-order valence-electron chi connectivity index (χ4n) is 4.67. The van der Waals surface area contributed by atoms with E-state index in [4.69, 9.17) is 9.72 Å². The van der Waals surface area contributed by atoms with Gasteiger partial charge in [0.2, 0.25) is 6.41 Å². The van der Waals surface area contributed by atoms with Crippen molar-refractivity contribution >= 4 is 34.9 Å². The van der Waals surface area contributed by atoms with E-state index >= 15 is 0 Å². The molecule has 10 heteroatoms. The molecule has 2 amide bonds. The molecular formula is C27H32FN5O4. The average molecular weight is 510 g/mol. The maximum Gasteiger partial charge on any atom is 0.410 e. The van der Waals surface area contributed by atoms with E-state index in [0.29, 0.717) is 71.8 Å². The topological polar surface area (TPSA) is 99.1 Å². The first-order valence-corrected chi connectivity index (χ1v) is 12.1. The number of hydrogen-bond donors (Lipinski definition) is 1. The number of aromatic nitrogens is 2. The Labute approximate surface area is 215 Å². The molecule has 37 heavy (non-hydrogen) atoms. The maximum absolute atomic E-state index is 14.8. The minimum atomic E-state index is -0.585. The molecule has 2 aromatic heterocycles. The molecule has 4 rings (SSSR count). The van der Waals surface area contributed by atoms with E-state index in [1.165, 1.54) is 23.1 Å². The second-order valence-electron chi connectivity index (χ2n) is 10.2. The number of piperazine rings is 1. The van der Waals surface area contributed by atoms with Crippen LogP contribution >= 0.6 is 0 Å². The molecule has 1 aliphatic heterocycles. The molecule has 0 atom stereocenters. The summed E-state index contributed by atoms with van der Waals surface area (Å²) in [6.45, 7) is 10.9. The number of benzene rings is 1. The number of aromatic hydroxyl groups is 1. The van der Waals surface area contributed by atoms with E-state index in [1.54, 1.807) is 25.1 Å². The van der Waals surface area contributed by atoms with Crippen LogP contribution in [-0.2, 0) is 9.53 Å². The molecule has 1 aromatic carbocycles. The van der Waals surface area contributed by atoms with Crippen molar-refractivity contribution in [3.05, 3.63) is 41.5 Å². The predicted octanol–water partition coefficient (Wildman–Crippen LogP) is 4.41. The third-order valence-corrected chi connectivity index (χ3v) is 6.41. The SMILES string of the molecule is Cc1nc2c(N3CCN(C(=O)OC(C)(C)C)CC3)c(N(C)C=O)cnc2c(C)c1-c1c(O)cccc1F. The van der Waals surface area contributed by atoms with Gasteiger partial charge in [-0.3, -0.25) is 9.78 Å². The standard InChI is InChI=1S/C27H32FN5O4/c1-16-21(22-18(28)8-7-9-20(22)35)17(2)30-24-23(16)29-14-19(31(6)15-34)25(24)32-10-12-33(13-11-32)26(36)37-27(3,4)5/h7-9,14-15,35H,10-13H2,1-6H3. The molecule has 3 heterocycles.